The summed E-state index contributed by atoms with van der Waals surface area (Å²) in [6.07, 6.45) is 3.44. The van der Waals surface area contributed by atoms with E-state index in [0.29, 0.717) is 24.6 Å². The van der Waals surface area contributed by atoms with Crippen LogP contribution in [0.3, 0.4) is 0 Å². The van der Waals surface area contributed by atoms with E-state index in [9.17, 15) is 18.3 Å². The van der Waals surface area contributed by atoms with Crippen molar-refractivity contribution in [2.45, 2.75) is 38.3 Å². The molecular weight excluding hydrogens is 255 g/mol. The standard InChI is InChI=1S/C14H18F3NO/c15-12-5-10(6-13(16)14(12)17)8-18-7-9-2-1-3-11(19)4-9/h5-6,9,11,18-19H,1-4,7-8H2. The topological polar surface area (TPSA) is 32.3 Å². The number of rotatable bonds is 4. The maximum atomic E-state index is 13.0. The third kappa shape index (κ3) is 3.94. The first-order valence-corrected chi connectivity index (χ1v) is 6.58. The fourth-order valence-electron chi connectivity index (χ4n) is 2.58. The number of benzene rings is 1. The first kappa shape index (κ1) is 14.3. The molecule has 2 nitrogen and oxygen atoms in total. The molecule has 0 heterocycles. The molecule has 2 unspecified atom stereocenters. The Morgan fingerprint density at radius 2 is 1.84 bits per heavy atom. The highest BCUT2D eigenvalue weighted by atomic mass is 19.2. The first-order chi connectivity index (χ1) is 9.06. The molecule has 2 rings (SSSR count). The van der Waals surface area contributed by atoms with E-state index < -0.39 is 17.5 Å². The van der Waals surface area contributed by atoms with Gasteiger partial charge in [-0.25, -0.2) is 13.2 Å². The third-order valence-electron chi connectivity index (χ3n) is 3.56. The molecule has 2 atom stereocenters. The van der Waals surface area contributed by atoms with E-state index in [-0.39, 0.29) is 6.10 Å². The van der Waals surface area contributed by atoms with Gasteiger partial charge in [-0.3, -0.25) is 0 Å². The van der Waals surface area contributed by atoms with Crippen molar-refractivity contribution >= 4 is 0 Å². The van der Waals surface area contributed by atoms with Crippen LogP contribution >= 0.6 is 0 Å². The molecule has 2 N–H and O–H groups in total. The second kappa shape index (κ2) is 6.39. The van der Waals surface area contributed by atoms with Gasteiger partial charge >= 0.3 is 0 Å². The smallest absolute Gasteiger partial charge is 0.194 e. The van der Waals surface area contributed by atoms with Crippen molar-refractivity contribution in [1.29, 1.82) is 0 Å². The van der Waals surface area contributed by atoms with Gasteiger partial charge in [-0.2, -0.15) is 0 Å². The van der Waals surface area contributed by atoms with E-state index in [1.807, 2.05) is 0 Å². The quantitative estimate of drug-likeness (QED) is 0.827. The van der Waals surface area contributed by atoms with Crippen molar-refractivity contribution in [2.75, 3.05) is 6.54 Å². The molecule has 1 aliphatic carbocycles. The Morgan fingerprint density at radius 1 is 1.16 bits per heavy atom. The highest BCUT2D eigenvalue weighted by Gasteiger charge is 2.19. The van der Waals surface area contributed by atoms with Gasteiger partial charge in [0.05, 0.1) is 6.10 Å². The highest BCUT2D eigenvalue weighted by Crippen LogP contribution is 2.23. The van der Waals surface area contributed by atoms with Crippen LogP contribution in [0, 0.1) is 23.4 Å². The summed E-state index contributed by atoms with van der Waals surface area (Å²) in [6.45, 7) is 0.985. The van der Waals surface area contributed by atoms with Crippen LogP contribution in [-0.2, 0) is 6.54 Å². The zero-order chi connectivity index (χ0) is 13.8. The lowest BCUT2D eigenvalue weighted by Crippen LogP contribution is -2.29. The Morgan fingerprint density at radius 3 is 2.47 bits per heavy atom. The molecule has 5 heteroatoms. The van der Waals surface area contributed by atoms with E-state index in [4.69, 9.17) is 0 Å². The summed E-state index contributed by atoms with van der Waals surface area (Å²) in [5.74, 6) is -3.37. The van der Waals surface area contributed by atoms with Crippen LogP contribution in [0.2, 0.25) is 0 Å². The molecule has 0 radical (unpaired) electrons. The second-order valence-corrected chi connectivity index (χ2v) is 5.19. The Labute approximate surface area is 110 Å². The number of hydrogen-bond acceptors (Lipinski definition) is 2. The summed E-state index contributed by atoms with van der Waals surface area (Å²) in [6, 6.07) is 2.00. The lowest BCUT2D eigenvalue weighted by atomic mass is 9.87. The molecule has 1 aromatic carbocycles. The van der Waals surface area contributed by atoms with Crippen LogP contribution in [-0.4, -0.2) is 17.8 Å². The van der Waals surface area contributed by atoms with Crippen LogP contribution in [0.25, 0.3) is 0 Å². The molecule has 1 aromatic rings. The largest absolute Gasteiger partial charge is 0.393 e. The molecular formula is C14H18F3NO. The highest BCUT2D eigenvalue weighted by molar-refractivity contribution is 5.19. The number of aliphatic hydroxyl groups excluding tert-OH is 1. The Kier molecular flexibility index (Phi) is 4.82. The van der Waals surface area contributed by atoms with Crippen molar-refractivity contribution < 1.29 is 18.3 Å². The Balaban J connectivity index is 1.82. The maximum Gasteiger partial charge on any atom is 0.194 e. The Bertz CT molecular complexity index is 416. The van der Waals surface area contributed by atoms with E-state index in [1.54, 1.807) is 0 Å². The predicted octanol–water partition coefficient (Wildman–Crippen LogP) is 2.74. The molecule has 0 saturated heterocycles. The number of aliphatic hydroxyl groups is 1. The van der Waals surface area contributed by atoms with Crippen LogP contribution < -0.4 is 5.32 Å². The summed E-state index contributed by atoms with van der Waals surface area (Å²) in [7, 11) is 0. The molecule has 0 aliphatic heterocycles. The van der Waals surface area contributed by atoms with E-state index >= 15 is 0 Å². The summed E-state index contributed by atoms with van der Waals surface area (Å²) in [5.41, 5.74) is 0.382. The van der Waals surface area contributed by atoms with Crippen molar-refractivity contribution in [2.24, 2.45) is 5.92 Å². The van der Waals surface area contributed by atoms with E-state index in [0.717, 1.165) is 37.8 Å². The SMILES string of the molecule is OC1CCCC(CNCc2cc(F)c(F)c(F)c2)C1. The summed E-state index contributed by atoms with van der Waals surface area (Å²) in [4.78, 5) is 0. The molecule has 19 heavy (non-hydrogen) atoms. The molecule has 0 amide bonds. The lowest BCUT2D eigenvalue weighted by molar-refractivity contribution is 0.101. The van der Waals surface area contributed by atoms with Crippen molar-refractivity contribution in [3.63, 3.8) is 0 Å². The first-order valence-electron chi connectivity index (χ1n) is 6.58. The van der Waals surface area contributed by atoms with Crippen LogP contribution in [0.15, 0.2) is 12.1 Å². The Hall–Kier alpha value is -1.07. The zero-order valence-corrected chi connectivity index (χ0v) is 10.6. The van der Waals surface area contributed by atoms with Crippen molar-refractivity contribution in [1.82, 2.24) is 5.32 Å². The predicted molar refractivity (Wildman–Crippen MR) is 66.0 cm³/mol. The number of hydrogen-bond donors (Lipinski definition) is 2. The second-order valence-electron chi connectivity index (χ2n) is 5.19. The zero-order valence-electron chi connectivity index (χ0n) is 10.6. The van der Waals surface area contributed by atoms with Crippen LogP contribution in [0.4, 0.5) is 13.2 Å². The van der Waals surface area contributed by atoms with Crippen LogP contribution in [0.5, 0.6) is 0 Å². The van der Waals surface area contributed by atoms with Crippen molar-refractivity contribution in [3.8, 4) is 0 Å². The molecule has 106 valence electrons. The minimum Gasteiger partial charge on any atom is -0.393 e. The average molecular weight is 273 g/mol. The van der Waals surface area contributed by atoms with Crippen molar-refractivity contribution in [3.05, 3.63) is 35.1 Å². The van der Waals surface area contributed by atoms with Crippen LogP contribution in [0.1, 0.15) is 31.2 Å². The fourth-order valence-corrected chi connectivity index (χ4v) is 2.58. The van der Waals surface area contributed by atoms with Gasteiger partial charge in [-0.1, -0.05) is 6.42 Å². The van der Waals surface area contributed by atoms with Gasteiger partial charge in [0.2, 0.25) is 0 Å². The lowest BCUT2D eigenvalue weighted by Gasteiger charge is -2.26. The summed E-state index contributed by atoms with van der Waals surface area (Å²) in [5, 5.41) is 12.6. The van der Waals surface area contributed by atoms with E-state index in [1.165, 1.54) is 0 Å². The molecule has 1 saturated carbocycles. The average Bonchev–Trinajstić information content (AvgIpc) is 2.36. The summed E-state index contributed by atoms with van der Waals surface area (Å²) < 4.78 is 38.8. The molecule has 0 bridgehead atoms. The minimum atomic E-state index is -1.43. The van der Waals surface area contributed by atoms with Gasteiger partial charge in [0.15, 0.2) is 17.5 Å². The maximum absolute atomic E-state index is 13.0. The molecule has 0 spiro atoms. The fraction of sp³-hybridized carbons (Fsp3) is 0.571. The van der Waals surface area contributed by atoms with Gasteiger partial charge in [-0.05, 0) is 49.4 Å². The number of halogens is 3. The summed E-state index contributed by atoms with van der Waals surface area (Å²) >= 11 is 0. The van der Waals surface area contributed by atoms with Gasteiger partial charge in [0.25, 0.3) is 0 Å². The van der Waals surface area contributed by atoms with Gasteiger partial charge < -0.3 is 10.4 Å². The molecule has 1 aliphatic rings. The van der Waals surface area contributed by atoms with Gasteiger partial charge in [0.1, 0.15) is 0 Å². The van der Waals surface area contributed by atoms with Gasteiger partial charge in [-0.15, -0.1) is 0 Å². The molecule has 1 fully saturated rings. The normalized spacial score (nSPS) is 23.6. The third-order valence-corrected chi connectivity index (χ3v) is 3.56. The molecule has 0 aromatic heterocycles. The monoisotopic (exact) mass is 273 g/mol. The number of nitrogens with one attached hydrogen (secondary N) is 1. The minimum absolute atomic E-state index is 0.235. The van der Waals surface area contributed by atoms with Gasteiger partial charge in [0, 0.05) is 6.54 Å². The van der Waals surface area contributed by atoms with E-state index in [2.05, 4.69) is 5.32 Å².